The van der Waals surface area contributed by atoms with Crippen molar-refractivity contribution in [3.05, 3.63) is 0 Å². The maximum atomic E-state index is 11.6. The Morgan fingerprint density at radius 1 is 1.69 bits per heavy atom. The van der Waals surface area contributed by atoms with Crippen molar-refractivity contribution in [2.75, 3.05) is 14.1 Å². The molecule has 1 rings (SSSR count). The lowest BCUT2D eigenvalue weighted by Gasteiger charge is -2.40. The molecule has 0 fully saturated rings. The predicted octanol–water partition coefficient (Wildman–Crippen LogP) is 1.27. The Morgan fingerprint density at radius 3 is 2.69 bits per heavy atom. The van der Waals surface area contributed by atoms with Crippen LogP contribution in [0.2, 0.25) is 0 Å². The molecule has 4 heteroatoms. The molecule has 0 saturated heterocycles. The molecule has 0 bridgehead atoms. The van der Waals surface area contributed by atoms with E-state index in [0.29, 0.717) is 0 Å². The molecule has 1 aliphatic rings. The van der Waals surface area contributed by atoms with E-state index in [1.54, 1.807) is 7.05 Å². The highest BCUT2D eigenvalue weighted by molar-refractivity contribution is 5.78. The number of nitrogens with one attached hydrogen (secondary N) is 1. The number of amides is 1. The van der Waals surface area contributed by atoms with Crippen LogP contribution in [0, 0.1) is 5.92 Å². The number of hydrogen-bond donors (Lipinski definition) is 1. The zero-order valence-corrected chi connectivity index (χ0v) is 10.9. The average Bonchev–Trinajstić information content (AvgIpc) is 2.56. The fraction of sp³-hybridized carbons (Fsp3) is 0.833. The summed E-state index contributed by atoms with van der Waals surface area (Å²) in [6.45, 7) is 6.27. The number of carbonyl (C=O) groups excluding carboxylic acids is 1. The molecule has 2 unspecified atom stereocenters. The number of rotatable bonds is 4. The lowest BCUT2D eigenvalue weighted by Crippen LogP contribution is -2.50. The van der Waals surface area contributed by atoms with Crippen LogP contribution in [0.25, 0.3) is 0 Å². The molecule has 1 aliphatic heterocycles. The van der Waals surface area contributed by atoms with Crippen LogP contribution in [0.15, 0.2) is 4.99 Å². The monoisotopic (exact) mass is 225 g/mol. The Bertz CT molecular complexity index is 276. The van der Waals surface area contributed by atoms with E-state index in [1.807, 2.05) is 20.3 Å². The number of carbonyl (C=O) groups is 1. The molecule has 0 aromatic rings. The van der Waals surface area contributed by atoms with E-state index in [0.717, 1.165) is 12.8 Å². The van der Waals surface area contributed by atoms with Crippen LogP contribution >= 0.6 is 0 Å². The first-order valence-electron chi connectivity index (χ1n) is 5.95. The highest BCUT2D eigenvalue weighted by Gasteiger charge is 2.42. The van der Waals surface area contributed by atoms with Gasteiger partial charge in [-0.05, 0) is 19.8 Å². The van der Waals surface area contributed by atoms with Crippen molar-refractivity contribution >= 4 is 12.2 Å². The summed E-state index contributed by atoms with van der Waals surface area (Å²) >= 11 is 0. The minimum atomic E-state index is 0.00588. The third-order valence-corrected chi connectivity index (χ3v) is 3.91. The lowest BCUT2D eigenvalue weighted by atomic mass is 9.80. The van der Waals surface area contributed by atoms with Crippen LogP contribution in [0.5, 0.6) is 0 Å². The quantitative estimate of drug-likeness (QED) is 0.783. The fourth-order valence-electron chi connectivity index (χ4n) is 2.62. The molecule has 0 radical (unpaired) electrons. The summed E-state index contributed by atoms with van der Waals surface area (Å²) in [4.78, 5) is 18.2. The van der Waals surface area contributed by atoms with Gasteiger partial charge in [-0.15, -0.1) is 0 Å². The first-order chi connectivity index (χ1) is 7.47. The second kappa shape index (κ2) is 4.85. The summed E-state index contributed by atoms with van der Waals surface area (Å²) in [7, 11) is 3.74. The number of aliphatic imine (C=N–C) groups is 1. The second-order valence-corrected chi connectivity index (χ2v) is 4.73. The first kappa shape index (κ1) is 13.0. The molecule has 1 N–H and O–H groups in total. The molecule has 1 heterocycles. The van der Waals surface area contributed by atoms with Gasteiger partial charge in [0.05, 0.1) is 17.9 Å². The largest absolute Gasteiger partial charge is 0.359 e. The molecule has 1 amide bonds. The van der Waals surface area contributed by atoms with Crippen LogP contribution in [0.4, 0.5) is 0 Å². The van der Waals surface area contributed by atoms with E-state index in [-0.39, 0.29) is 23.4 Å². The summed E-state index contributed by atoms with van der Waals surface area (Å²) in [5, 5.41) is 2.71. The van der Waals surface area contributed by atoms with Gasteiger partial charge in [0.15, 0.2) is 0 Å². The van der Waals surface area contributed by atoms with Crippen molar-refractivity contribution in [2.24, 2.45) is 10.9 Å². The Labute approximate surface area is 98.1 Å². The number of hydrogen-bond acceptors (Lipinski definition) is 3. The highest BCUT2D eigenvalue weighted by atomic mass is 16.1. The Hall–Kier alpha value is -1.06. The van der Waals surface area contributed by atoms with Crippen molar-refractivity contribution < 1.29 is 4.79 Å². The normalized spacial score (nSPS) is 30.6. The van der Waals surface area contributed by atoms with Gasteiger partial charge in [-0.2, -0.15) is 0 Å². The highest BCUT2D eigenvalue weighted by Crippen LogP contribution is 2.34. The minimum absolute atomic E-state index is 0.00588. The zero-order chi connectivity index (χ0) is 12.3. The molecule has 16 heavy (non-hydrogen) atoms. The smallest absolute Gasteiger partial charge is 0.222 e. The van der Waals surface area contributed by atoms with Gasteiger partial charge in [-0.1, -0.05) is 13.8 Å². The predicted molar refractivity (Wildman–Crippen MR) is 66.6 cm³/mol. The van der Waals surface area contributed by atoms with Gasteiger partial charge in [0.2, 0.25) is 5.91 Å². The van der Waals surface area contributed by atoms with E-state index >= 15 is 0 Å². The molecular formula is C12H23N3O. The standard InChI is InChI=1S/C12H23N3O/c1-6-12(7-9(2)11(16)13-4)10(3)14-8-15(12)5/h8-10H,6-7H2,1-5H3,(H,13,16)/t9-,10?,12?/m1/s1. The van der Waals surface area contributed by atoms with Gasteiger partial charge in [-0.25, -0.2) is 0 Å². The summed E-state index contributed by atoms with van der Waals surface area (Å²) in [5.41, 5.74) is 0.00588. The van der Waals surface area contributed by atoms with E-state index < -0.39 is 0 Å². The van der Waals surface area contributed by atoms with E-state index in [9.17, 15) is 4.79 Å². The first-order valence-corrected chi connectivity index (χ1v) is 5.95. The van der Waals surface area contributed by atoms with Gasteiger partial charge < -0.3 is 10.2 Å². The van der Waals surface area contributed by atoms with Crippen LogP contribution in [-0.2, 0) is 4.79 Å². The van der Waals surface area contributed by atoms with E-state index in [1.165, 1.54) is 0 Å². The summed E-state index contributed by atoms with van der Waals surface area (Å²) < 4.78 is 0. The van der Waals surface area contributed by atoms with E-state index in [4.69, 9.17) is 0 Å². The Kier molecular flexibility index (Phi) is 3.94. The van der Waals surface area contributed by atoms with Crippen molar-refractivity contribution in [3.8, 4) is 0 Å². The third kappa shape index (κ3) is 2.06. The van der Waals surface area contributed by atoms with Crippen LogP contribution in [-0.4, -0.2) is 42.8 Å². The molecule has 3 atom stereocenters. The van der Waals surface area contributed by atoms with Crippen LogP contribution in [0.3, 0.4) is 0 Å². The van der Waals surface area contributed by atoms with Gasteiger partial charge in [-0.3, -0.25) is 9.79 Å². The van der Waals surface area contributed by atoms with Crippen molar-refractivity contribution in [3.63, 3.8) is 0 Å². The minimum Gasteiger partial charge on any atom is -0.359 e. The number of nitrogens with zero attached hydrogens (tertiary/aromatic N) is 2. The summed E-state index contributed by atoms with van der Waals surface area (Å²) in [5.74, 6) is 0.136. The molecule has 0 saturated carbocycles. The van der Waals surface area contributed by atoms with Gasteiger partial charge in [0.1, 0.15) is 0 Å². The molecular weight excluding hydrogens is 202 g/mol. The van der Waals surface area contributed by atoms with Crippen LogP contribution < -0.4 is 5.32 Å². The van der Waals surface area contributed by atoms with Gasteiger partial charge in [0, 0.05) is 20.0 Å². The van der Waals surface area contributed by atoms with Crippen LogP contribution in [0.1, 0.15) is 33.6 Å². The Morgan fingerprint density at radius 2 is 2.31 bits per heavy atom. The van der Waals surface area contributed by atoms with Crippen molar-refractivity contribution in [1.82, 2.24) is 10.2 Å². The van der Waals surface area contributed by atoms with E-state index in [2.05, 4.69) is 29.1 Å². The zero-order valence-electron chi connectivity index (χ0n) is 10.9. The molecule has 0 spiro atoms. The average molecular weight is 225 g/mol. The SMILES string of the molecule is CCC1(C[C@@H](C)C(=O)NC)C(C)N=CN1C. The summed E-state index contributed by atoms with van der Waals surface area (Å²) in [6.07, 6.45) is 3.75. The van der Waals surface area contributed by atoms with Crippen molar-refractivity contribution in [1.29, 1.82) is 0 Å². The number of likely N-dealkylation sites (N-methyl/N-ethyl adjacent to an activating group) is 1. The fourth-order valence-corrected chi connectivity index (χ4v) is 2.62. The molecule has 92 valence electrons. The molecule has 4 nitrogen and oxygen atoms in total. The molecule has 0 aromatic heterocycles. The topological polar surface area (TPSA) is 44.7 Å². The third-order valence-electron chi connectivity index (χ3n) is 3.91. The van der Waals surface area contributed by atoms with Gasteiger partial charge >= 0.3 is 0 Å². The second-order valence-electron chi connectivity index (χ2n) is 4.73. The van der Waals surface area contributed by atoms with Gasteiger partial charge in [0.25, 0.3) is 0 Å². The molecule has 0 aliphatic carbocycles. The maximum Gasteiger partial charge on any atom is 0.222 e. The lowest BCUT2D eigenvalue weighted by molar-refractivity contribution is -0.125. The Balaban J connectivity index is 2.79. The van der Waals surface area contributed by atoms with Crippen molar-refractivity contribution in [2.45, 2.75) is 45.2 Å². The molecule has 0 aromatic carbocycles. The maximum absolute atomic E-state index is 11.6. The summed E-state index contributed by atoms with van der Waals surface area (Å²) in [6, 6.07) is 0.259.